The molecule has 0 fully saturated rings. The van der Waals surface area contributed by atoms with E-state index in [2.05, 4.69) is 67.1 Å². The topological polar surface area (TPSA) is 51.6 Å². The van der Waals surface area contributed by atoms with Gasteiger partial charge in [0.25, 0.3) is 0 Å². The van der Waals surface area contributed by atoms with Crippen LogP contribution in [0.2, 0.25) is 13.3 Å². The van der Waals surface area contributed by atoms with Gasteiger partial charge in [0.1, 0.15) is 0 Å². The van der Waals surface area contributed by atoms with Crippen LogP contribution in [-0.4, -0.2) is 38.3 Å². The van der Waals surface area contributed by atoms with Gasteiger partial charge in [-0.25, -0.2) is 0 Å². The number of aromatic nitrogens is 4. The summed E-state index contributed by atoms with van der Waals surface area (Å²) >= 11 is -2.72. The Morgan fingerprint density at radius 2 is 0.946 bits per heavy atom. The molecule has 0 saturated carbocycles. The van der Waals surface area contributed by atoms with Crippen LogP contribution < -0.4 is 3.58 Å². The SMILES string of the molecule is CCC[CH2][Sn]([CH2]CCC)([CH2]CCC)[c]1cc(-c2ccccn2)nc(-c2cccc(-c3ccccn3)n2)c1. The number of hydrogen-bond donors (Lipinski definition) is 0. The van der Waals surface area contributed by atoms with E-state index in [9.17, 15) is 0 Å². The van der Waals surface area contributed by atoms with Gasteiger partial charge in [0.2, 0.25) is 0 Å². The number of hydrogen-bond acceptors (Lipinski definition) is 4. The molecule has 0 amide bonds. The van der Waals surface area contributed by atoms with Crippen LogP contribution in [0, 0.1) is 0 Å². The molecule has 5 heteroatoms. The van der Waals surface area contributed by atoms with E-state index in [-0.39, 0.29) is 0 Å². The summed E-state index contributed by atoms with van der Waals surface area (Å²) in [6.45, 7) is 7.00. The van der Waals surface area contributed by atoms with Gasteiger partial charge in [0, 0.05) is 0 Å². The molecule has 4 aromatic rings. The molecule has 0 unspecified atom stereocenters. The molecule has 0 radical (unpaired) electrons. The van der Waals surface area contributed by atoms with Gasteiger partial charge in [-0.1, -0.05) is 0 Å². The van der Waals surface area contributed by atoms with E-state index in [0.717, 1.165) is 34.2 Å². The van der Waals surface area contributed by atoms with E-state index in [4.69, 9.17) is 9.97 Å². The first-order chi connectivity index (χ1) is 18.2. The van der Waals surface area contributed by atoms with Gasteiger partial charge in [-0.3, -0.25) is 0 Å². The molecule has 37 heavy (non-hydrogen) atoms. The van der Waals surface area contributed by atoms with E-state index >= 15 is 0 Å². The predicted molar refractivity (Wildman–Crippen MR) is 158 cm³/mol. The molecule has 0 spiro atoms. The molecule has 0 aliphatic carbocycles. The molecule has 4 nitrogen and oxygen atoms in total. The second kappa shape index (κ2) is 13.8. The molecule has 0 aromatic carbocycles. The summed E-state index contributed by atoms with van der Waals surface area (Å²) in [6.07, 6.45) is 11.4. The van der Waals surface area contributed by atoms with Crippen molar-refractivity contribution >= 4 is 22.0 Å². The average molecular weight is 599 g/mol. The fourth-order valence-corrected chi connectivity index (χ4v) is 21.2. The van der Waals surface area contributed by atoms with Crippen molar-refractivity contribution in [3.8, 4) is 34.2 Å². The van der Waals surface area contributed by atoms with Crippen molar-refractivity contribution in [2.45, 2.75) is 72.6 Å². The number of nitrogens with zero attached hydrogens (tertiary/aromatic N) is 4. The van der Waals surface area contributed by atoms with Crippen LogP contribution in [-0.2, 0) is 0 Å². The van der Waals surface area contributed by atoms with Crippen molar-refractivity contribution in [2.75, 3.05) is 0 Å². The summed E-state index contributed by atoms with van der Waals surface area (Å²) in [5, 5.41) is 0. The zero-order valence-electron chi connectivity index (χ0n) is 22.7. The molecule has 4 aromatic heterocycles. The molecule has 0 aliphatic heterocycles. The van der Waals surface area contributed by atoms with Crippen LogP contribution in [0.15, 0.2) is 79.1 Å². The standard InChI is InChI=1S/C20H13N4.3C4H9.Sn/c1-3-13-21-15(7-1)17-9-5-11-19(23-17)20-12-6-10-18(24-20)16-8-2-4-14-22-16;3*1-3-4-2;/h1-5,7-14H;3*1,3-4H2,2H3;. The maximum atomic E-state index is 5.15. The fourth-order valence-electron chi connectivity index (χ4n) is 5.20. The van der Waals surface area contributed by atoms with Gasteiger partial charge in [0.15, 0.2) is 0 Å². The van der Waals surface area contributed by atoms with E-state index in [1.807, 2.05) is 42.7 Å². The molecular formula is C32H40N4Sn. The summed E-state index contributed by atoms with van der Waals surface area (Å²) in [5.74, 6) is 0. The summed E-state index contributed by atoms with van der Waals surface area (Å²) in [5.41, 5.74) is 5.54. The minimum atomic E-state index is -2.72. The Morgan fingerprint density at radius 3 is 1.43 bits per heavy atom. The maximum absolute atomic E-state index is 5.15. The van der Waals surface area contributed by atoms with Crippen LogP contribution in [0.5, 0.6) is 0 Å². The molecule has 0 saturated heterocycles. The number of rotatable bonds is 13. The van der Waals surface area contributed by atoms with Gasteiger partial charge < -0.3 is 0 Å². The molecule has 0 bridgehead atoms. The van der Waals surface area contributed by atoms with Crippen molar-refractivity contribution in [1.29, 1.82) is 0 Å². The van der Waals surface area contributed by atoms with E-state index in [0.29, 0.717) is 0 Å². The third kappa shape index (κ3) is 7.04. The quantitative estimate of drug-likeness (QED) is 0.145. The first-order valence-corrected chi connectivity index (χ1v) is 21.5. The Hall–Kier alpha value is -2.60. The van der Waals surface area contributed by atoms with Crippen molar-refractivity contribution in [3.63, 3.8) is 0 Å². The Kier molecular flexibility index (Phi) is 10.2. The molecule has 192 valence electrons. The van der Waals surface area contributed by atoms with Crippen LogP contribution in [0.1, 0.15) is 59.3 Å². The molecule has 0 aliphatic rings. The molecule has 0 atom stereocenters. The van der Waals surface area contributed by atoms with Gasteiger partial charge in [0.05, 0.1) is 0 Å². The summed E-state index contributed by atoms with van der Waals surface area (Å²) in [6, 6.07) is 23.1. The Morgan fingerprint density at radius 1 is 0.514 bits per heavy atom. The second-order valence-corrected chi connectivity index (χ2v) is 23.3. The molecule has 4 rings (SSSR count). The second-order valence-electron chi connectivity index (χ2n) is 10.1. The summed E-state index contributed by atoms with van der Waals surface area (Å²) < 4.78 is 5.84. The van der Waals surface area contributed by atoms with Crippen molar-refractivity contribution in [1.82, 2.24) is 19.9 Å². The Balaban J connectivity index is 1.88. The third-order valence-corrected chi connectivity index (χ3v) is 22.9. The van der Waals surface area contributed by atoms with Crippen molar-refractivity contribution in [2.24, 2.45) is 0 Å². The molecule has 4 heterocycles. The van der Waals surface area contributed by atoms with Gasteiger partial charge in [-0.05, 0) is 0 Å². The van der Waals surface area contributed by atoms with E-state index < -0.39 is 18.4 Å². The van der Waals surface area contributed by atoms with Gasteiger partial charge in [-0.2, -0.15) is 0 Å². The molecular weight excluding hydrogens is 559 g/mol. The van der Waals surface area contributed by atoms with Crippen LogP contribution >= 0.6 is 0 Å². The number of pyridine rings is 4. The van der Waals surface area contributed by atoms with Gasteiger partial charge in [-0.15, -0.1) is 0 Å². The van der Waals surface area contributed by atoms with E-state index in [1.165, 1.54) is 51.8 Å². The van der Waals surface area contributed by atoms with Gasteiger partial charge >= 0.3 is 228 Å². The third-order valence-electron chi connectivity index (χ3n) is 7.33. The van der Waals surface area contributed by atoms with Crippen molar-refractivity contribution in [3.05, 3.63) is 79.1 Å². The van der Waals surface area contributed by atoms with Crippen LogP contribution in [0.4, 0.5) is 0 Å². The van der Waals surface area contributed by atoms with Crippen LogP contribution in [0.3, 0.4) is 0 Å². The van der Waals surface area contributed by atoms with Crippen molar-refractivity contribution < 1.29 is 0 Å². The summed E-state index contributed by atoms with van der Waals surface area (Å²) in [4.78, 5) is 19.4. The minimum absolute atomic E-state index is 0.877. The first kappa shape index (κ1) is 27.4. The average Bonchev–Trinajstić information content (AvgIpc) is 2.98. The zero-order chi connectivity index (χ0) is 25.9. The zero-order valence-corrected chi connectivity index (χ0v) is 25.5. The predicted octanol–water partition coefficient (Wildman–Crippen LogP) is 8.32. The fraction of sp³-hybridized carbons (Fsp3) is 0.375. The van der Waals surface area contributed by atoms with Crippen LogP contribution in [0.25, 0.3) is 34.2 Å². The normalized spacial score (nSPS) is 11.5. The van der Waals surface area contributed by atoms with E-state index in [1.54, 1.807) is 3.58 Å². The first-order valence-electron chi connectivity index (χ1n) is 14.0. The number of unbranched alkanes of at least 4 members (excludes halogenated alkanes) is 3. The Bertz CT molecular complexity index is 1220. The monoisotopic (exact) mass is 600 g/mol. The molecule has 0 N–H and O–H groups in total. The Labute approximate surface area is 226 Å². The summed E-state index contributed by atoms with van der Waals surface area (Å²) in [7, 11) is 0.